The minimum atomic E-state index is 0.0790. The van der Waals surface area contributed by atoms with Gasteiger partial charge >= 0.3 is 0 Å². The Kier molecular flexibility index (Phi) is 5.13. The molecule has 0 atom stereocenters. The van der Waals surface area contributed by atoms with E-state index in [2.05, 4.69) is 25.7 Å². The fraction of sp³-hybridized carbons (Fsp3) is 0.600. The van der Waals surface area contributed by atoms with Gasteiger partial charge in [-0.05, 0) is 18.2 Å². The van der Waals surface area contributed by atoms with Crippen LogP contribution in [0, 0.1) is 0 Å². The van der Waals surface area contributed by atoms with E-state index >= 15 is 0 Å². The van der Waals surface area contributed by atoms with Crippen LogP contribution in [0.25, 0.3) is 0 Å². The minimum absolute atomic E-state index is 0.0790. The first-order chi connectivity index (χ1) is 10.3. The standard InChI is InChI=1S/C15H21BrN2O3/c16-12-1-2-14(19)13(11-12)15(17-3-7-20-8-4-17)18-5-9-21-10-6-18/h1-2,11,15,19H,3-10H2. The molecule has 2 fully saturated rings. The smallest absolute Gasteiger partial charge is 0.121 e. The van der Waals surface area contributed by atoms with Crippen molar-refractivity contribution >= 4 is 15.9 Å². The average Bonchev–Trinajstić information content (AvgIpc) is 2.53. The summed E-state index contributed by atoms with van der Waals surface area (Å²) in [5, 5.41) is 10.3. The molecule has 1 aromatic rings. The third kappa shape index (κ3) is 3.57. The van der Waals surface area contributed by atoms with Crippen molar-refractivity contribution in [2.75, 3.05) is 52.6 Å². The van der Waals surface area contributed by atoms with Gasteiger partial charge in [-0.1, -0.05) is 15.9 Å². The van der Waals surface area contributed by atoms with Crippen LogP contribution in [0.1, 0.15) is 11.7 Å². The first kappa shape index (κ1) is 15.2. The number of morpholine rings is 2. The Balaban J connectivity index is 1.91. The number of benzene rings is 1. The molecule has 0 amide bonds. The van der Waals surface area contributed by atoms with Gasteiger partial charge in [0, 0.05) is 36.2 Å². The number of nitrogens with zero attached hydrogens (tertiary/aromatic N) is 2. The van der Waals surface area contributed by atoms with Crippen molar-refractivity contribution in [2.24, 2.45) is 0 Å². The van der Waals surface area contributed by atoms with Crippen molar-refractivity contribution in [1.29, 1.82) is 0 Å². The van der Waals surface area contributed by atoms with Gasteiger partial charge in [-0.25, -0.2) is 0 Å². The van der Waals surface area contributed by atoms with Gasteiger partial charge in [0.05, 0.1) is 32.6 Å². The average molecular weight is 357 g/mol. The molecule has 3 rings (SSSR count). The summed E-state index contributed by atoms with van der Waals surface area (Å²) in [5.41, 5.74) is 0.952. The molecule has 6 heteroatoms. The number of hydrogen-bond donors (Lipinski definition) is 1. The summed E-state index contributed by atoms with van der Waals surface area (Å²) in [6.07, 6.45) is 0.0790. The number of rotatable bonds is 3. The number of hydrogen-bond acceptors (Lipinski definition) is 5. The minimum Gasteiger partial charge on any atom is -0.508 e. The van der Waals surface area contributed by atoms with Crippen LogP contribution in [0.5, 0.6) is 5.75 Å². The summed E-state index contributed by atoms with van der Waals surface area (Å²) in [5.74, 6) is 0.348. The Morgan fingerprint density at radius 3 is 2.00 bits per heavy atom. The van der Waals surface area contributed by atoms with Gasteiger partial charge in [-0.2, -0.15) is 0 Å². The molecule has 0 unspecified atom stereocenters. The van der Waals surface area contributed by atoms with Crippen LogP contribution < -0.4 is 0 Å². The zero-order valence-corrected chi connectivity index (χ0v) is 13.6. The number of ether oxygens (including phenoxy) is 2. The molecule has 1 N–H and O–H groups in total. The lowest BCUT2D eigenvalue weighted by Gasteiger charge is -2.43. The summed E-state index contributed by atoms with van der Waals surface area (Å²) < 4.78 is 11.9. The maximum Gasteiger partial charge on any atom is 0.121 e. The van der Waals surface area contributed by atoms with Gasteiger partial charge < -0.3 is 14.6 Å². The molecule has 5 nitrogen and oxygen atoms in total. The van der Waals surface area contributed by atoms with E-state index in [0.29, 0.717) is 5.75 Å². The van der Waals surface area contributed by atoms with Crippen molar-refractivity contribution in [1.82, 2.24) is 9.80 Å². The van der Waals surface area contributed by atoms with E-state index in [-0.39, 0.29) is 6.17 Å². The maximum atomic E-state index is 10.3. The predicted octanol–water partition coefficient (Wildman–Crippen LogP) is 1.82. The largest absolute Gasteiger partial charge is 0.508 e. The molecule has 0 radical (unpaired) electrons. The number of aromatic hydroxyl groups is 1. The first-order valence-corrected chi connectivity index (χ1v) is 8.17. The fourth-order valence-electron chi connectivity index (χ4n) is 3.00. The molecule has 2 aliphatic rings. The molecule has 0 bridgehead atoms. The summed E-state index contributed by atoms with van der Waals surface area (Å²) in [6, 6.07) is 5.65. The quantitative estimate of drug-likeness (QED) is 0.894. The molecule has 0 aromatic heterocycles. The second kappa shape index (κ2) is 7.07. The Morgan fingerprint density at radius 1 is 0.952 bits per heavy atom. The lowest BCUT2D eigenvalue weighted by atomic mass is 10.1. The lowest BCUT2D eigenvalue weighted by Crippen LogP contribution is -2.50. The Morgan fingerprint density at radius 2 is 1.48 bits per heavy atom. The number of phenols is 1. The van der Waals surface area contributed by atoms with Gasteiger partial charge in [-0.3, -0.25) is 9.80 Å². The molecule has 0 spiro atoms. The third-order valence-electron chi connectivity index (χ3n) is 4.05. The van der Waals surface area contributed by atoms with E-state index in [1.807, 2.05) is 12.1 Å². The molecule has 2 heterocycles. The van der Waals surface area contributed by atoms with E-state index in [1.54, 1.807) is 6.07 Å². The Labute approximate surface area is 133 Å². The van der Waals surface area contributed by atoms with Crippen LogP contribution in [0.2, 0.25) is 0 Å². The summed E-state index contributed by atoms with van der Waals surface area (Å²) in [6.45, 7) is 6.51. The van der Waals surface area contributed by atoms with Gasteiger partial charge in [0.2, 0.25) is 0 Å². The van der Waals surface area contributed by atoms with E-state index in [1.165, 1.54) is 0 Å². The van der Waals surface area contributed by atoms with E-state index < -0.39 is 0 Å². The van der Waals surface area contributed by atoms with Gasteiger partial charge in [0.25, 0.3) is 0 Å². The highest BCUT2D eigenvalue weighted by Gasteiger charge is 2.31. The highest BCUT2D eigenvalue weighted by atomic mass is 79.9. The molecular weight excluding hydrogens is 336 g/mol. The van der Waals surface area contributed by atoms with Gasteiger partial charge in [0.15, 0.2) is 0 Å². The monoisotopic (exact) mass is 356 g/mol. The normalized spacial score (nSPS) is 21.8. The molecule has 0 saturated carbocycles. The van der Waals surface area contributed by atoms with Crippen LogP contribution in [-0.2, 0) is 9.47 Å². The molecule has 2 saturated heterocycles. The van der Waals surface area contributed by atoms with Gasteiger partial charge in [-0.15, -0.1) is 0 Å². The van der Waals surface area contributed by atoms with Crippen molar-refractivity contribution in [2.45, 2.75) is 6.17 Å². The van der Waals surface area contributed by atoms with Crippen molar-refractivity contribution in [3.05, 3.63) is 28.2 Å². The third-order valence-corrected chi connectivity index (χ3v) is 4.54. The lowest BCUT2D eigenvalue weighted by molar-refractivity contribution is -0.0682. The fourth-order valence-corrected chi connectivity index (χ4v) is 3.38. The predicted molar refractivity (Wildman–Crippen MR) is 83.3 cm³/mol. The maximum absolute atomic E-state index is 10.3. The van der Waals surface area contributed by atoms with Crippen molar-refractivity contribution in [3.63, 3.8) is 0 Å². The summed E-state index contributed by atoms with van der Waals surface area (Å²) >= 11 is 3.52. The Hall–Kier alpha value is -0.660. The molecule has 21 heavy (non-hydrogen) atoms. The van der Waals surface area contributed by atoms with Crippen molar-refractivity contribution in [3.8, 4) is 5.75 Å². The zero-order chi connectivity index (χ0) is 14.7. The van der Waals surface area contributed by atoms with E-state index in [4.69, 9.17) is 9.47 Å². The first-order valence-electron chi connectivity index (χ1n) is 7.38. The number of phenolic OH excluding ortho intramolecular Hbond substituents is 1. The van der Waals surface area contributed by atoms with E-state index in [0.717, 1.165) is 62.6 Å². The zero-order valence-electron chi connectivity index (χ0n) is 12.0. The molecular formula is C15H21BrN2O3. The van der Waals surface area contributed by atoms with Crippen LogP contribution >= 0.6 is 15.9 Å². The highest BCUT2D eigenvalue weighted by Crippen LogP contribution is 2.34. The summed E-state index contributed by atoms with van der Waals surface area (Å²) in [4.78, 5) is 4.77. The second-order valence-electron chi connectivity index (χ2n) is 5.37. The topological polar surface area (TPSA) is 45.2 Å². The van der Waals surface area contributed by atoms with Crippen LogP contribution in [-0.4, -0.2) is 67.5 Å². The summed E-state index contributed by atoms with van der Waals surface area (Å²) in [7, 11) is 0. The Bertz CT molecular complexity index is 456. The van der Waals surface area contributed by atoms with Crippen LogP contribution in [0.4, 0.5) is 0 Å². The highest BCUT2D eigenvalue weighted by molar-refractivity contribution is 9.10. The van der Waals surface area contributed by atoms with E-state index in [9.17, 15) is 5.11 Å². The molecule has 1 aromatic carbocycles. The van der Waals surface area contributed by atoms with Crippen molar-refractivity contribution < 1.29 is 14.6 Å². The van der Waals surface area contributed by atoms with Crippen LogP contribution in [0.3, 0.4) is 0 Å². The molecule has 0 aliphatic carbocycles. The molecule has 116 valence electrons. The number of halogens is 1. The van der Waals surface area contributed by atoms with Crippen LogP contribution in [0.15, 0.2) is 22.7 Å². The second-order valence-corrected chi connectivity index (χ2v) is 6.29. The van der Waals surface area contributed by atoms with Gasteiger partial charge in [0.1, 0.15) is 5.75 Å². The molecule has 2 aliphatic heterocycles. The SMILES string of the molecule is Oc1ccc(Br)cc1C(N1CCOCC1)N1CCOCC1.